The molecule has 1 rings (SSSR count). The Morgan fingerprint density at radius 1 is 1.50 bits per heavy atom. The van der Waals surface area contributed by atoms with E-state index in [1.165, 1.54) is 19.3 Å². The van der Waals surface area contributed by atoms with Gasteiger partial charge in [-0.3, -0.25) is 4.79 Å². The normalized spacial score (nSPS) is 14.3. The van der Waals surface area contributed by atoms with Gasteiger partial charge in [-0.05, 0) is 24.8 Å². The van der Waals surface area contributed by atoms with Crippen molar-refractivity contribution in [1.82, 2.24) is 5.32 Å². The van der Waals surface area contributed by atoms with Crippen LogP contribution in [0, 0.1) is 0 Å². The lowest BCUT2D eigenvalue weighted by Crippen LogP contribution is -2.31. The van der Waals surface area contributed by atoms with Crippen LogP contribution < -0.4 is 5.32 Å². The van der Waals surface area contributed by atoms with Gasteiger partial charge in [-0.1, -0.05) is 32.3 Å². The van der Waals surface area contributed by atoms with Crippen molar-refractivity contribution >= 4 is 17.3 Å². The van der Waals surface area contributed by atoms with Gasteiger partial charge < -0.3 is 10.4 Å². The Labute approximate surface area is 113 Å². The highest BCUT2D eigenvalue weighted by Crippen LogP contribution is 2.23. The summed E-state index contributed by atoms with van der Waals surface area (Å²) in [6.07, 6.45) is 4.92. The van der Waals surface area contributed by atoms with Gasteiger partial charge in [0.1, 0.15) is 0 Å². The molecule has 0 radical (unpaired) electrons. The molecule has 0 bridgehead atoms. The molecule has 102 valence electrons. The number of carboxylic acids is 1. The Bertz CT molecular complexity index is 338. The third-order valence-corrected chi connectivity index (χ3v) is 3.98. The molecule has 0 aromatic carbocycles. The van der Waals surface area contributed by atoms with Gasteiger partial charge in [0.15, 0.2) is 0 Å². The van der Waals surface area contributed by atoms with Crippen molar-refractivity contribution in [2.75, 3.05) is 0 Å². The molecule has 0 aliphatic carbocycles. The predicted octanol–water partition coefficient (Wildman–Crippen LogP) is 3.82. The van der Waals surface area contributed by atoms with Gasteiger partial charge in [0.05, 0.1) is 12.5 Å². The Balaban J connectivity index is 2.48. The molecule has 4 heteroatoms. The standard InChI is InChI=1S/C14H23NO2S/c1-3-4-5-7-11(2)15-12(10-14(16)17)13-8-6-9-18-13/h6,8-9,11-12,15H,3-5,7,10H2,1-2H3,(H,16,17). The van der Waals surface area contributed by atoms with Crippen LogP contribution >= 0.6 is 11.3 Å². The topological polar surface area (TPSA) is 49.3 Å². The number of thiophene rings is 1. The number of rotatable bonds is 9. The largest absolute Gasteiger partial charge is 0.481 e. The lowest BCUT2D eigenvalue weighted by molar-refractivity contribution is -0.137. The maximum absolute atomic E-state index is 10.9. The van der Waals surface area contributed by atoms with Crippen LogP contribution in [0.15, 0.2) is 17.5 Å². The molecule has 0 amide bonds. The molecule has 2 N–H and O–H groups in total. The van der Waals surface area contributed by atoms with E-state index in [9.17, 15) is 4.79 Å². The van der Waals surface area contributed by atoms with E-state index in [4.69, 9.17) is 5.11 Å². The lowest BCUT2D eigenvalue weighted by atomic mass is 10.1. The summed E-state index contributed by atoms with van der Waals surface area (Å²) in [7, 11) is 0. The Morgan fingerprint density at radius 3 is 2.83 bits per heavy atom. The highest BCUT2D eigenvalue weighted by Gasteiger charge is 2.18. The van der Waals surface area contributed by atoms with E-state index in [1.54, 1.807) is 11.3 Å². The molecular weight excluding hydrogens is 246 g/mol. The highest BCUT2D eigenvalue weighted by molar-refractivity contribution is 7.10. The Kier molecular flexibility index (Phi) is 6.98. The van der Waals surface area contributed by atoms with E-state index < -0.39 is 5.97 Å². The third kappa shape index (κ3) is 5.65. The van der Waals surface area contributed by atoms with Crippen molar-refractivity contribution in [1.29, 1.82) is 0 Å². The zero-order valence-electron chi connectivity index (χ0n) is 11.2. The number of hydrogen-bond donors (Lipinski definition) is 2. The predicted molar refractivity (Wildman–Crippen MR) is 76.1 cm³/mol. The second-order valence-electron chi connectivity index (χ2n) is 4.73. The summed E-state index contributed by atoms with van der Waals surface area (Å²) in [5.41, 5.74) is 0. The summed E-state index contributed by atoms with van der Waals surface area (Å²) in [6.45, 7) is 4.33. The fraction of sp³-hybridized carbons (Fsp3) is 0.643. The van der Waals surface area contributed by atoms with E-state index in [2.05, 4.69) is 19.2 Å². The van der Waals surface area contributed by atoms with Crippen molar-refractivity contribution in [3.05, 3.63) is 22.4 Å². The average Bonchev–Trinajstić information content (AvgIpc) is 2.81. The van der Waals surface area contributed by atoms with E-state index in [0.717, 1.165) is 11.3 Å². The van der Waals surface area contributed by atoms with Crippen molar-refractivity contribution < 1.29 is 9.90 Å². The maximum atomic E-state index is 10.9. The summed E-state index contributed by atoms with van der Waals surface area (Å²) in [4.78, 5) is 12.0. The second-order valence-corrected chi connectivity index (χ2v) is 5.71. The second kappa shape index (κ2) is 8.27. The van der Waals surface area contributed by atoms with Crippen LogP contribution in [-0.4, -0.2) is 17.1 Å². The number of nitrogens with one attached hydrogen (secondary N) is 1. The van der Waals surface area contributed by atoms with Crippen LogP contribution in [0.1, 0.15) is 56.9 Å². The molecule has 0 aliphatic rings. The number of aliphatic carboxylic acids is 1. The first-order valence-electron chi connectivity index (χ1n) is 6.64. The fourth-order valence-corrected chi connectivity index (χ4v) is 2.82. The maximum Gasteiger partial charge on any atom is 0.305 e. The average molecular weight is 269 g/mol. The third-order valence-electron chi connectivity index (χ3n) is 2.99. The number of unbranched alkanes of at least 4 members (excludes halogenated alkanes) is 2. The molecule has 0 aliphatic heterocycles. The zero-order chi connectivity index (χ0) is 13.4. The molecule has 18 heavy (non-hydrogen) atoms. The van der Waals surface area contributed by atoms with E-state index >= 15 is 0 Å². The molecule has 0 spiro atoms. The minimum Gasteiger partial charge on any atom is -0.481 e. The van der Waals surface area contributed by atoms with Gasteiger partial charge in [0.25, 0.3) is 0 Å². The SMILES string of the molecule is CCCCCC(C)NC(CC(=O)O)c1cccs1. The molecule has 1 aromatic heterocycles. The molecule has 1 aromatic rings. The van der Waals surface area contributed by atoms with Crippen molar-refractivity contribution in [3.8, 4) is 0 Å². The fourth-order valence-electron chi connectivity index (χ4n) is 2.03. The first kappa shape index (κ1) is 15.2. The van der Waals surface area contributed by atoms with Gasteiger partial charge in [0, 0.05) is 10.9 Å². The molecule has 0 saturated heterocycles. The quantitative estimate of drug-likeness (QED) is 0.670. The summed E-state index contributed by atoms with van der Waals surface area (Å²) in [6, 6.07) is 4.28. The van der Waals surface area contributed by atoms with Crippen LogP contribution in [0.2, 0.25) is 0 Å². The summed E-state index contributed by atoms with van der Waals surface area (Å²) < 4.78 is 0. The molecule has 1 heterocycles. The van der Waals surface area contributed by atoms with Gasteiger partial charge in [-0.2, -0.15) is 0 Å². The van der Waals surface area contributed by atoms with E-state index in [-0.39, 0.29) is 12.5 Å². The highest BCUT2D eigenvalue weighted by atomic mass is 32.1. The molecule has 2 atom stereocenters. The van der Waals surface area contributed by atoms with Gasteiger partial charge in [-0.25, -0.2) is 0 Å². The van der Waals surface area contributed by atoms with Crippen LogP contribution in [0.25, 0.3) is 0 Å². The van der Waals surface area contributed by atoms with Gasteiger partial charge in [0.2, 0.25) is 0 Å². The Hall–Kier alpha value is -0.870. The monoisotopic (exact) mass is 269 g/mol. The van der Waals surface area contributed by atoms with Gasteiger partial charge >= 0.3 is 5.97 Å². The molecule has 0 saturated carbocycles. The first-order chi connectivity index (χ1) is 8.63. The number of carboxylic acid groups (broad SMARTS) is 1. The molecule has 0 fully saturated rings. The van der Waals surface area contributed by atoms with Crippen molar-refractivity contribution in [3.63, 3.8) is 0 Å². The number of hydrogen-bond acceptors (Lipinski definition) is 3. The minimum atomic E-state index is -0.748. The summed E-state index contributed by atoms with van der Waals surface area (Å²) in [5.74, 6) is -0.748. The Morgan fingerprint density at radius 2 is 2.28 bits per heavy atom. The van der Waals surface area contributed by atoms with Crippen LogP contribution in [0.4, 0.5) is 0 Å². The summed E-state index contributed by atoms with van der Waals surface area (Å²) in [5, 5.41) is 14.4. The van der Waals surface area contributed by atoms with E-state index in [0.29, 0.717) is 6.04 Å². The van der Waals surface area contributed by atoms with Crippen molar-refractivity contribution in [2.24, 2.45) is 0 Å². The number of carbonyl (C=O) groups is 1. The van der Waals surface area contributed by atoms with Gasteiger partial charge in [-0.15, -0.1) is 11.3 Å². The molecule has 3 nitrogen and oxygen atoms in total. The van der Waals surface area contributed by atoms with E-state index in [1.807, 2.05) is 17.5 Å². The van der Waals surface area contributed by atoms with Crippen LogP contribution in [0.5, 0.6) is 0 Å². The minimum absolute atomic E-state index is 0.0564. The van der Waals surface area contributed by atoms with Crippen molar-refractivity contribution in [2.45, 2.75) is 58.0 Å². The summed E-state index contributed by atoms with van der Waals surface area (Å²) >= 11 is 1.62. The zero-order valence-corrected chi connectivity index (χ0v) is 12.0. The smallest absolute Gasteiger partial charge is 0.305 e. The lowest BCUT2D eigenvalue weighted by Gasteiger charge is -2.21. The van der Waals surface area contributed by atoms with Crippen LogP contribution in [0.3, 0.4) is 0 Å². The molecular formula is C14H23NO2S. The first-order valence-corrected chi connectivity index (χ1v) is 7.52. The molecule has 2 unspecified atom stereocenters. The van der Waals surface area contributed by atoms with Crippen LogP contribution in [-0.2, 0) is 4.79 Å².